The fourth-order valence-electron chi connectivity index (χ4n) is 2.17. The molecule has 0 bridgehead atoms. The second-order valence-electron chi connectivity index (χ2n) is 4.81. The molecule has 0 aliphatic heterocycles. The minimum absolute atomic E-state index is 0.202. The molecule has 0 saturated heterocycles. The van der Waals surface area contributed by atoms with Crippen molar-refractivity contribution in [1.82, 2.24) is 15.0 Å². The number of hydrogen-bond donors (Lipinski definition) is 2. The van der Waals surface area contributed by atoms with Gasteiger partial charge in [0.1, 0.15) is 4.60 Å². The lowest BCUT2D eigenvalue weighted by molar-refractivity contribution is 0.102. The van der Waals surface area contributed by atoms with Crippen LogP contribution in [0, 0.1) is 13.8 Å². The van der Waals surface area contributed by atoms with Gasteiger partial charge < -0.3 is 10.3 Å². The first kappa shape index (κ1) is 13.8. The first-order valence-corrected chi connectivity index (χ1v) is 7.22. The van der Waals surface area contributed by atoms with Crippen molar-refractivity contribution < 1.29 is 4.79 Å². The maximum absolute atomic E-state index is 12.3. The number of aryl methyl sites for hydroxylation is 2. The van der Waals surface area contributed by atoms with Crippen LogP contribution >= 0.6 is 15.9 Å². The number of nitrogens with zero attached hydrogens (tertiary/aromatic N) is 2. The molecular formula is C15H13BrN4O. The molecule has 3 aromatic rings. The fraction of sp³-hybridized carbons (Fsp3) is 0.133. The van der Waals surface area contributed by atoms with E-state index in [0.717, 1.165) is 22.2 Å². The monoisotopic (exact) mass is 344 g/mol. The smallest absolute Gasteiger partial charge is 0.256 e. The number of nitrogens with one attached hydrogen (secondary N) is 2. The standard InChI is InChI=1S/C15H13BrN4O/c1-8-9(2)19-12-4-3-10(5-11(8)12)15(21)20-14-7-17-13(16)6-18-14/h3-7,19H,1-2H3,(H,18,20,21). The third-order valence-corrected chi connectivity index (χ3v) is 3.84. The van der Waals surface area contributed by atoms with Gasteiger partial charge in [-0.05, 0) is 53.5 Å². The predicted octanol–water partition coefficient (Wildman–Crippen LogP) is 3.59. The number of amides is 1. The number of halogens is 1. The van der Waals surface area contributed by atoms with Gasteiger partial charge in [-0.3, -0.25) is 4.79 Å². The van der Waals surface area contributed by atoms with Crippen molar-refractivity contribution in [2.75, 3.05) is 5.32 Å². The van der Waals surface area contributed by atoms with Crippen LogP contribution in [0.4, 0.5) is 5.82 Å². The van der Waals surface area contributed by atoms with Gasteiger partial charge >= 0.3 is 0 Å². The van der Waals surface area contributed by atoms with Crippen LogP contribution in [0.25, 0.3) is 10.9 Å². The molecule has 1 aromatic carbocycles. The molecule has 0 saturated carbocycles. The quantitative estimate of drug-likeness (QED) is 0.746. The zero-order valence-corrected chi connectivity index (χ0v) is 13.2. The van der Waals surface area contributed by atoms with E-state index in [4.69, 9.17) is 0 Å². The average molecular weight is 345 g/mol. The van der Waals surface area contributed by atoms with Crippen molar-refractivity contribution in [3.05, 3.63) is 52.0 Å². The second-order valence-corrected chi connectivity index (χ2v) is 5.63. The molecule has 0 aliphatic rings. The van der Waals surface area contributed by atoms with Crippen LogP contribution < -0.4 is 5.32 Å². The van der Waals surface area contributed by atoms with E-state index in [1.165, 1.54) is 6.20 Å². The van der Waals surface area contributed by atoms with Crippen molar-refractivity contribution in [2.45, 2.75) is 13.8 Å². The van der Waals surface area contributed by atoms with E-state index in [2.05, 4.69) is 36.2 Å². The number of rotatable bonds is 2. The van der Waals surface area contributed by atoms with E-state index in [1.807, 2.05) is 26.0 Å². The normalized spacial score (nSPS) is 10.8. The van der Waals surface area contributed by atoms with E-state index >= 15 is 0 Å². The lowest BCUT2D eigenvalue weighted by Gasteiger charge is -2.04. The molecule has 5 nitrogen and oxygen atoms in total. The van der Waals surface area contributed by atoms with Crippen LogP contribution in [0.5, 0.6) is 0 Å². The van der Waals surface area contributed by atoms with Crippen LogP contribution in [0.1, 0.15) is 21.6 Å². The largest absolute Gasteiger partial charge is 0.358 e. The molecule has 2 aromatic heterocycles. The molecule has 0 radical (unpaired) electrons. The summed E-state index contributed by atoms with van der Waals surface area (Å²) >= 11 is 3.20. The minimum Gasteiger partial charge on any atom is -0.358 e. The van der Waals surface area contributed by atoms with Crippen molar-refractivity contribution in [2.24, 2.45) is 0 Å². The third kappa shape index (κ3) is 2.67. The number of aromatic amines is 1. The Balaban J connectivity index is 1.90. The summed E-state index contributed by atoms with van der Waals surface area (Å²) in [7, 11) is 0. The van der Waals surface area contributed by atoms with Gasteiger partial charge in [-0.25, -0.2) is 9.97 Å². The van der Waals surface area contributed by atoms with Crippen LogP contribution in [0.3, 0.4) is 0 Å². The van der Waals surface area contributed by atoms with E-state index in [0.29, 0.717) is 16.0 Å². The molecular weight excluding hydrogens is 332 g/mol. The molecule has 0 fully saturated rings. The van der Waals surface area contributed by atoms with Crippen molar-refractivity contribution >= 4 is 38.6 Å². The Hall–Kier alpha value is -2.21. The highest BCUT2D eigenvalue weighted by atomic mass is 79.9. The maximum atomic E-state index is 12.3. The van der Waals surface area contributed by atoms with Crippen LogP contribution in [0.2, 0.25) is 0 Å². The Labute approximate surface area is 129 Å². The minimum atomic E-state index is -0.202. The second kappa shape index (κ2) is 5.29. The molecule has 1 amide bonds. The number of benzene rings is 1. The predicted molar refractivity (Wildman–Crippen MR) is 85.5 cm³/mol. The fourth-order valence-corrected chi connectivity index (χ4v) is 2.37. The first-order valence-electron chi connectivity index (χ1n) is 6.42. The molecule has 0 unspecified atom stereocenters. The molecule has 0 atom stereocenters. The summed E-state index contributed by atoms with van der Waals surface area (Å²) in [5.41, 5.74) is 3.89. The van der Waals surface area contributed by atoms with Crippen molar-refractivity contribution in [3.63, 3.8) is 0 Å². The summed E-state index contributed by atoms with van der Waals surface area (Å²) < 4.78 is 0.625. The highest BCUT2D eigenvalue weighted by molar-refractivity contribution is 9.10. The van der Waals surface area contributed by atoms with E-state index < -0.39 is 0 Å². The van der Waals surface area contributed by atoms with Gasteiger partial charge in [0.25, 0.3) is 5.91 Å². The number of fused-ring (bicyclic) bond motifs is 1. The number of carbonyl (C=O) groups is 1. The zero-order chi connectivity index (χ0) is 15.0. The highest BCUT2D eigenvalue weighted by Crippen LogP contribution is 2.22. The molecule has 21 heavy (non-hydrogen) atoms. The van der Waals surface area contributed by atoms with Crippen LogP contribution in [-0.4, -0.2) is 20.9 Å². The Kier molecular flexibility index (Phi) is 3.47. The molecule has 2 heterocycles. The molecule has 0 aliphatic carbocycles. The topological polar surface area (TPSA) is 70.7 Å². The van der Waals surface area contributed by atoms with Gasteiger partial charge in [-0.15, -0.1) is 0 Å². The van der Waals surface area contributed by atoms with Gasteiger partial charge in [-0.2, -0.15) is 0 Å². The molecule has 2 N–H and O–H groups in total. The van der Waals surface area contributed by atoms with Gasteiger partial charge in [0, 0.05) is 22.2 Å². The van der Waals surface area contributed by atoms with Gasteiger partial charge in [0.2, 0.25) is 0 Å². The number of hydrogen-bond acceptors (Lipinski definition) is 3. The summed E-state index contributed by atoms with van der Waals surface area (Å²) in [6.45, 7) is 4.06. The summed E-state index contributed by atoms with van der Waals surface area (Å²) in [6, 6.07) is 5.59. The van der Waals surface area contributed by atoms with Crippen LogP contribution in [0.15, 0.2) is 35.2 Å². The van der Waals surface area contributed by atoms with E-state index in [9.17, 15) is 4.79 Å². The van der Waals surface area contributed by atoms with Gasteiger partial charge in [0.05, 0.1) is 12.4 Å². The van der Waals surface area contributed by atoms with E-state index in [1.54, 1.807) is 12.3 Å². The number of anilines is 1. The van der Waals surface area contributed by atoms with Crippen molar-refractivity contribution in [1.29, 1.82) is 0 Å². The van der Waals surface area contributed by atoms with E-state index in [-0.39, 0.29) is 5.91 Å². The first-order chi connectivity index (χ1) is 10.0. The number of aromatic nitrogens is 3. The summed E-state index contributed by atoms with van der Waals surface area (Å²) in [4.78, 5) is 23.7. The van der Waals surface area contributed by atoms with Gasteiger partial charge in [-0.1, -0.05) is 0 Å². The molecule has 3 rings (SSSR count). The summed E-state index contributed by atoms with van der Waals surface area (Å²) in [6.07, 6.45) is 3.05. The number of H-pyrrole nitrogens is 1. The summed E-state index contributed by atoms with van der Waals surface area (Å²) in [5.74, 6) is 0.219. The van der Waals surface area contributed by atoms with Crippen molar-refractivity contribution in [3.8, 4) is 0 Å². The molecule has 106 valence electrons. The number of carbonyl (C=O) groups excluding carboxylic acids is 1. The Morgan fingerprint density at radius 2 is 2.05 bits per heavy atom. The Bertz CT molecular complexity index is 824. The lowest BCUT2D eigenvalue weighted by Crippen LogP contribution is -2.13. The molecule has 6 heteroatoms. The van der Waals surface area contributed by atoms with Crippen LogP contribution in [-0.2, 0) is 0 Å². The Morgan fingerprint density at radius 1 is 1.24 bits per heavy atom. The maximum Gasteiger partial charge on any atom is 0.256 e. The third-order valence-electron chi connectivity index (χ3n) is 3.43. The average Bonchev–Trinajstić information content (AvgIpc) is 2.76. The SMILES string of the molecule is Cc1[nH]c2ccc(C(=O)Nc3cnc(Br)cn3)cc2c1C. The van der Waals surface area contributed by atoms with Gasteiger partial charge in [0.15, 0.2) is 5.82 Å². The zero-order valence-electron chi connectivity index (χ0n) is 11.6. The lowest BCUT2D eigenvalue weighted by atomic mass is 10.1. The summed E-state index contributed by atoms with van der Waals surface area (Å²) in [5, 5.41) is 3.79. The highest BCUT2D eigenvalue weighted by Gasteiger charge is 2.10. The Morgan fingerprint density at radius 3 is 2.76 bits per heavy atom. The molecule has 0 spiro atoms.